The number of ether oxygens (including phenoxy) is 1. The van der Waals surface area contributed by atoms with E-state index in [1.54, 1.807) is 0 Å². The average molecular weight is 402 g/mol. The minimum Gasteiger partial charge on any atom is -0.494 e. The van der Waals surface area contributed by atoms with Gasteiger partial charge in [0.2, 0.25) is 0 Å². The Balaban J connectivity index is 1.80. The Bertz CT molecular complexity index is 924. The number of amides is 2. The quantitative estimate of drug-likeness (QED) is 0.631. The summed E-state index contributed by atoms with van der Waals surface area (Å²) in [6.07, 6.45) is -0.574. The second kappa shape index (κ2) is 8.00. The normalized spacial score (nSPS) is 18.3. The van der Waals surface area contributed by atoms with Crippen LogP contribution in [0.1, 0.15) is 49.1 Å². The molecule has 0 fully saturated rings. The van der Waals surface area contributed by atoms with Crippen LogP contribution in [0.15, 0.2) is 30.3 Å². The van der Waals surface area contributed by atoms with Gasteiger partial charge in [-0.25, -0.2) is 9.18 Å². The fourth-order valence-corrected chi connectivity index (χ4v) is 3.63. The van der Waals surface area contributed by atoms with Gasteiger partial charge in [-0.3, -0.25) is 0 Å². The van der Waals surface area contributed by atoms with Crippen LogP contribution in [0.5, 0.6) is 5.75 Å². The van der Waals surface area contributed by atoms with Crippen molar-refractivity contribution >= 4 is 11.7 Å². The molecule has 3 rings (SSSR count). The Morgan fingerprint density at radius 2 is 2.00 bits per heavy atom. The summed E-state index contributed by atoms with van der Waals surface area (Å²) >= 11 is 0. The number of hydrogen-bond acceptors (Lipinski definition) is 4. The molecule has 0 bridgehead atoms. The van der Waals surface area contributed by atoms with Crippen LogP contribution < -0.4 is 15.4 Å². The Labute approximate surface area is 169 Å². The van der Waals surface area contributed by atoms with Crippen molar-refractivity contribution in [3.05, 3.63) is 58.4 Å². The fourth-order valence-electron chi connectivity index (χ4n) is 3.63. The van der Waals surface area contributed by atoms with Crippen molar-refractivity contribution in [1.29, 1.82) is 0 Å². The molecule has 0 spiro atoms. The number of carbonyl (C=O) groups excluding carboxylic acids is 1. The maximum atomic E-state index is 13.4. The lowest BCUT2D eigenvalue weighted by Gasteiger charge is -2.24. The van der Waals surface area contributed by atoms with E-state index in [-0.39, 0.29) is 17.8 Å². The Morgan fingerprint density at radius 1 is 1.28 bits per heavy atom. The molecule has 0 radical (unpaired) electrons. The second-order valence-electron chi connectivity index (χ2n) is 8.32. The first-order valence-corrected chi connectivity index (χ1v) is 9.50. The van der Waals surface area contributed by atoms with Gasteiger partial charge in [0.1, 0.15) is 11.6 Å². The predicted molar refractivity (Wildman–Crippen MR) is 109 cm³/mol. The zero-order valence-corrected chi connectivity index (χ0v) is 17.0. The second-order valence-corrected chi connectivity index (χ2v) is 8.32. The van der Waals surface area contributed by atoms with E-state index in [0.717, 1.165) is 5.56 Å². The van der Waals surface area contributed by atoms with Crippen molar-refractivity contribution < 1.29 is 24.1 Å². The number of halogens is 1. The zero-order chi connectivity index (χ0) is 21.3. The number of carbonyl (C=O) groups is 1. The molecule has 1 aliphatic carbocycles. The maximum absolute atomic E-state index is 13.4. The lowest BCUT2D eigenvalue weighted by molar-refractivity contribution is 0.145. The van der Waals surface area contributed by atoms with E-state index in [0.29, 0.717) is 34.5 Å². The molecule has 6 nitrogen and oxygen atoms in total. The summed E-state index contributed by atoms with van der Waals surface area (Å²) in [5.74, 6) is 0.00861. The minimum absolute atomic E-state index is 0.198. The molecule has 2 aromatic rings. The summed E-state index contributed by atoms with van der Waals surface area (Å²) in [4.78, 5) is 12.6. The fraction of sp³-hybridized carbons (Fsp3) is 0.409. The monoisotopic (exact) mass is 402 g/mol. The first-order chi connectivity index (χ1) is 13.6. The number of anilines is 1. The van der Waals surface area contributed by atoms with Gasteiger partial charge in [-0.1, -0.05) is 26.8 Å². The number of aliphatic hydroxyl groups is 2. The van der Waals surface area contributed by atoms with E-state index in [1.807, 2.05) is 32.9 Å². The lowest BCUT2D eigenvalue weighted by Crippen LogP contribution is -2.40. The van der Waals surface area contributed by atoms with Crippen LogP contribution >= 0.6 is 0 Å². The van der Waals surface area contributed by atoms with Crippen LogP contribution in [0, 0.1) is 5.82 Å². The van der Waals surface area contributed by atoms with Gasteiger partial charge in [0.05, 0.1) is 31.5 Å². The van der Waals surface area contributed by atoms with Crippen LogP contribution in [-0.2, 0) is 18.4 Å². The molecule has 0 saturated carbocycles. The van der Waals surface area contributed by atoms with Gasteiger partial charge in [-0.2, -0.15) is 0 Å². The van der Waals surface area contributed by atoms with Crippen molar-refractivity contribution in [3.8, 4) is 5.75 Å². The Hall–Kier alpha value is -2.64. The molecule has 2 unspecified atom stereocenters. The van der Waals surface area contributed by atoms with Gasteiger partial charge >= 0.3 is 6.03 Å². The third-order valence-electron chi connectivity index (χ3n) is 5.22. The number of methoxy groups -OCH3 is 1. The number of nitrogens with one attached hydrogen (secondary N) is 2. The number of aliphatic hydroxyl groups excluding tert-OH is 2. The Kier molecular flexibility index (Phi) is 5.82. The summed E-state index contributed by atoms with van der Waals surface area (Å²) in [5.41, 5.74) is 3.03. The van der Waals surface area contributed by atoms with Crippen LogP contribution in [0.4, 0.5) is 14.9 Å². The first-order valence-electron chi connectivity index (χ1n) is 9.50. The number of urea groups is 1. The molecule has 0 aromatic heterocycles. The molecule has 29 heavy (non-hydrogen) atoms. The van der Waals surface area contributed by atoms with E-state index in [9.17, 15) is 19.4 Å². The number of rotatable bonds is 4. The summed E-state index contributed by atoms with van der Waals surface area (Å²) < 4.78 is 18.8. The van der Waals surface area contributed by atoms with Crippen LogP contribution in [0.25, 0.3) is 0 Å². The molecule has 1 aliphatic rings. The van der Waals surface area contributed by atoms with E-state index in [2.05, 4.69) is 10.6 Å². The van der Waals surface area contributed by atoms with E-state index in [4.69, 9.17) is 4.74 Å². The van der Waals surface area contributed by atoms with E-state index in [1.165, 1.54) is 25.3 Å². The predicted octanol–water partition coefficient (Wildman–Crippen LogP) is 3.40. The molecule has 2 aromatic carbocycles. The molecule has 0 saturated heterocycles. The standard InChI is InChI=1S/C22H27FN2O4/c1-22(2,3)14-7-13(11-26)20(29-4)18(10-14)25-21(28)24-17-9-12-8-15(23)5-6-16(12)19(17)27/h5-8,10,17,19,26-27H,9,11H2,1-4H3,(H2,24,25,28). The molecule has 2 amide bonds. The molecule has 156 valence electrons. The molecule has 0 heterocycles. The number of hydrogen-bond donors (Lipinski definition) is 4. The highest BCUT2D eigenvalue weighted by Crippen LogP contribution is 2.36. The minimum atomic E-state index is -0.910. The number of benzene rings is 2. The molecule has 0 aliphatic heterocycles. The smallest absolute Gasteiger partial charge is 0.319 e. The highest BCUT2D eigenvalue weighted by atomic mass is 19.1. The SMILES string of the molecule is COc1c(CO)cc(C(C)(C)C)cc1NC(=O)NC1Cc2cc(F)ccc2C1O. The summed E-state index contributed by atoms with van der Waals surface area (Å²) in [5, 5.41) is 25.7. The molecular weight excluding hydrogens is 375 g/mol. The third-order valence-corrected chi connectivity index (χ3v) is 5.22. The zero-order valence-electron chi connectivity index (χ0n) is 17.0. The number of fused-ring (bicyclic) bond motifs is 1. The van der Waals surface area contributed by atoms with Crippen LogP contribution in [-0.4, -0.2) is 29.4 Å². The molecular formula is C22H27FN2O4. The average Bonchev–Trinajstić information content (AvgIpc) is 2.94. The first kappa shape index (κ1) is 21.1. The van der Waals surface area contributed by atoms with Gasteiger partial charge in [-0.05, 0) is 52.8 Å². The van der Waals surface area contributed by atoms with Gasteiger partial charge in [-0.15, -0.1) is 0 Å². The highest BCUT2D eigenvalue weighted by molar-refractivity contribution is 5.92. The van der Waals surface area contributed by atoms with Crippen molar-refractivity contribution in [2.24, 2.45) is 0 Å². The Morgan fingerprint density at radius 3 is 2.62 bits per heavy atom. The topological polar surface area (TPSA) is 90.8 Å². The lowest BCUT2D eigenvalue weighted by atomic mass is 9.85. The third kappa shape index (κ3) is 4.36. The van der Waals surface area contributed by atoms with Gasteiger partial charge in [0.25, 0.3) is 0 Å². The molecule has 7 heteroatoms. The summed E-state index contributed by atoms with van der Waals surface area (Å²) in [7, 11) is 1.47. The van der Waals surface area contributed by atoms with Crippen LogP contribution in [0.3, 0.4) is 0 Å². The van der Waals surface area contributed by atoms with Crippen molar-refractivity contribution in [2.75, 3.05) is 12.4 Å². The van der Waals surface area contributed by atoms with Gasteiger partial charge < -0.3 is 25.6 Å². The van der Waals surface area contributed by atoms with Crippen LogP contribution in [0.2, 0.25) is 0 Å². The van der Waals surface area contributed by atoms with E-state index < -0.39 is 18.2 Å². The van der Waals surface area contributed by atoms with Crippen molar-refractivity contribution in [3.63, 3.8) is 0 Å². The highest BCUT2D eigenvalue weighted by Gasteiger charge is 2.32. The van der Waals surface area contributed by atoms with Crippen molar-refractivity contribution in [2.45, 2.75) is 51.4 Å². The van der Waals surface area contributed by atoms with Gasteiger partial charge in [0, 0.05) is 5.56 Å². The van der Waals surface area contributed by atoms with Crippen molar-refractivity contribution in [1.82, 2.24) is 5.32 Å². The maximum Gasteiger partial charge on any atom is 0.319 e. The van der Waals surface area contributed by atoms with E-state index >= 15 is 0 Å². The molecule has 4 N–H and O–H groups in total. The summed E-state index contributed by atoms with van der Waals surface area (Å²) in [6, 6.07) is 6.79. The van der Waals surface area contributed by atoms with Gasteiger partial charge in [0.15, 0.2) is 0 Å². The summed E-state index contributed by atoms with van der Waals surface area (Å²) in [6.45, 7) is 5.87. The largest absolute Gasteiger partial charge is 0.494 e. The molecule has 2 atom stereocenters.